The molecule has 0 spiro atoms. The predicted octanol–water partition coefficient (Wildman–Crippen LogP) is 2.91. The third-order valence-electron chi connectivity index (χ3n) is 6.71. The van der Waals surface area contributed by atoms with Crippen LogP contribution in [0.25, 0.3) is 11.5 Å². The summed E-state index contributed by atoms with van der Waals surface area (Å²) in [6.45, 7) is 7.22. The fourth-order valence-electron chi connectivity index (χ4n) is 4.48. The Morgan fingerprint density at radius 1 is 1.17 bits per heavy atom. The Morgan fingerprint density at radius 2 is 1.91 bits per heavy atom. The maximum Gasteiger partial charge on any atom is 0.311 e. The predicted molar refractivity (Wildman–Crippen MR) is 128 cm³/mol. The maximum atomic E-state index is 12.7. The molecule has 1 aromatic heterocycles. The standard InChI is InChI=1S/C26H30N4O5/c1-4-26(32)15-29(16-26)12-18-5-10-22(17(2)11-18)34-21-13-30(14-21)25(31)24-28-27-23(35-24)19-6-8-20(33-3)9-7-19/h5-11,21,32H,4,12-16H2,1-3H3. The molecule has 0 saturated carbocycles. The lowest BCUT2D eigenvalue weighted by atomic mass is 9.91. The van der Waals surface area contributed by atoms with Crippen molar-refractivity contribution in [2.24, 2.45) is 0 Å². The molecule has 2 aliphatic rings. The molecule has 184 valence electrons. The van der Waals surface area contributed by atoms with E-state index in [0.717, 1.165) is 35.6 Å². The van der Waals surface area contributed by atoms with Crippen molar-refractivity contribution in [3.63, 3.8) is 0 Å². The lowest BCUT2D eigenvalue weighted by Crippen LogP contribution is -2.60. The second-order valence-corrected chi connectivity index (χ2v) is 9.41. The van der Waals surface area contributed by atoms with Crippen molar-refractivity contribution < 1.29 is 23.8 Å². The number of hydrogen-bond acceptors (Lipinski definition) is 8. The van der Waals surface area contributed by atoms with E-state index >= 15 is 0 Å². The van der Waals surface area contributed by atoms with Gasteiger partial charge in [0.1, 0.15) is 17.6 Å². The Labute approximate surface area is 204 Å². The average molecular weight is 479 g/mol. The number of benzene rings is 2. The van der Waals surface area contributed by atoms with Gasteiger partial charge in [0.25, 0.3) is 0 Å². The van der Waals surface area contributed by atoms with E-state index < -0.39 is 5.60 Å². The molecule has 2 saturated heterocycles. The smallest absolute Gasteiger partial charge is 0.311 e. The number of aryl methyl sites for hydroxylation is 1. The third kappa shape index (κ3) is 4.87. The SMILES string of the molecule is CCC1(O)CN(Cc2ccc(OC3CN(C(=O)c4nnc(-c5ccc(OC)cc5)o4)C3)c(C)c2)C1. The van der Waals surface area contributed by atoms with Crippen LogP contribution in [0, 0.1) is 6.92 Å². The first-order valence-corrected chi connectivity index (χ1v) is 11.8. The number of hydrogen-bond donors (Lipinski definition) is 1. The molecule has 1 N–H and O–H groups in total. The Kier molecular flexibility index (Phi) is 6.21. The van der Waals surface area contributed by atoms with Crippen LogP contribution < -0.4 is 9.47 Å². The molecule has 2 fully saturated rings. The number of aromatic nitrogens is 2. The maximum absolute atomic E-state index is 12.7. The van der Waals surface area contributed by atoms with Crippen LogP contribution in [-0.2, 0) is 6.54 Å². The number of aliphatic hydroxyl groups is 1. The number of nitrogens with zero attached hydrogens (tertiary/aromatic N) is 4. The molecule has 0 radical (unpaired) electrons. The van der Waals surface area contributed by atoms with Gasteiger partial charge in [0, 0.05) is 25.2 Å². The summed E-state index contributed by atoms with van der Waals surface area (Å²) in [6.07, 6.45) is 0.703. The third-order valence-corrected chi connectivity index (χ3v) is 6.71. The Bertz CT molecular complexity index is 1200. The van der Waals surface area contributed by atoms with Crippen molar-refractivity contribution in [3.05, 3.63) is 59.5 Å². The lowest BCUT2D eigenvalue weighted by Gasteiger charge is -2.46. The van der Waals surface area contributed by atoms with Gasteiger partial charge in [0.05, 0.1) is 25.8 Å². The van der Waals surface area contributed by atoms with E-state index in [-0.39, 0.29) is 23.8 Å². The van der Waals surface area contributed by atoms with Crippen LogP contribution in [0.1, 0.15) is 35.2 Å². The summed E-state index contributed by atoms with van der Waals surface area (Å²) in [7, 11) is 1.60. The van der Waals surface area contributed by atoms with Crippen LogP contribution in [0.2, 0.25) is 0 Å². The van der Waals surface area contributed by atoms with E-state index in [4.69, 9.17) is 13.9 Å². The Hall–Kier alpha value is -3.43. The zero-order valence-electron chi connectivity index (χ0n) is 20.2. The Balaban J connectivity index is 1.12. The highest BCUT2D eigenvalue weighted by Crippen LogP contribution is 2.29. The molecule has 3 aromatic rings. The van der Waals surface area contributed by atoms with Crippen molar-refractivity contribution >= 4 is 5.91 Å². The number of carbonyl (C=O) groups is 1. The van der Waals surface area contributed by atoms with E-state index in [0.29, 0.717) is 26.2 Å². The van der Waals surface area contributed by atoms with Gasteiger partial charge in [-0.15, -0.1) is 10.2 Å². The largest absolute Gasteiger partial charge is 0.497 e. The zero-order chi connectivity index (χ0) is 24.6. The highest BCUT2D eigenvalue weighted by atomic mass is 16.5. The summed E-state index contributed by atoms with van der Waals surface area (Å²) in [5, 5.41) is 18.1. The highest BCUT2D eigenvalue weighted by Gasteiger charge is 2.39. The number of likely N-dealkylation sites (tertiary alicyclic amines) is 2. The summed E-state index contributed by atoms with van der Waals surface area (Å²) >= 11 is 0. The van der Waals surface area contributed by atoms with E-state index in [9.17, 15) is 9.90 Å². The monoisotopic (exact) mass is 478 g/mol. The van der Waals surface area contributed by atoms with Gasteiger partial charge in [-0.3, -0.25) is 9.69 Å². The lowest BCUT2D eigenvalue weighted by molar-refractivity contribution is -0.103. The second kappa shape index (κ2) is 9.31. The number of ether oxygens (including phenoxy) is 2. The zero-order valence-corrected chi connectivity index (χ0v) is 20.2. The summed E-state index contributed by atoms with van der Waals surface area (Å²) in [6, 6.07) is 13.4. The van der Waals surface area contributed by atoms with Gasteiger partial charge < -0.3 is 23.9 Å². The quantitative estimate of drug-likeness (QED) is 0.528. The van der Waals surface area contributed by atoms with Crippen LogP contribution in [0.3, 0.4) is 0 Å². The van der Waals surface area contributed by atoms with Crippen molar-refractivity contribution in [1.29, 1.82) is 0 Å². The van der Waals surface area contributed by atoms with Crippen LogP contribution in [0.15, 0.2) is 46.9 Å². The molecule has 5 rings (SSSR count). The molecule has 2 aromatic carbocycles. The van der Waals surface area contributed by atoms with Gasteiger partial charge >= 0.3 is 11.8 Å². The number of β-amino-alcohol motifs (C(OH)–C–C–N with tert-alkyl or cyclic N) is 1. The van der Waals surface area contributed by atoms with Crippen molar-refractivity contribution in [2.45, 2.75) is 38.5 Å². The van der Waals surface area contributed by atoms with Crippen molar-refractivity contribution in [3.8, 4) is 23.0 Å². The molecule has 0 atom stereocenters. The molecular formula is C26H30N4O5. The summed E-state index contributed by atoms with van der Waals surface area (Å²) in [5.74, 6) is 1.50. The molecule has 3 heterocycles. The minimum Gasteiger partial charge on any atom is -0.497 e. The first-order chi connectivity index (χ1) is 16.9. The number of amides is 1. The molecule has 9 nitrogen and oxygen atoms in total. The molecule has 2 aliphatic heterocycles. The first kappa shape index (κ1) is 23.3. The highest BCUT2D eigenvalue weighted by molar-refractivity contribution is 5.90. The van der Waals surface area contributed by atoms with Crippen molar-refractivity contribution in [1.82, 2.24) is 20.0 Å². The second-order valence-electron chi connectivity index (χ2n) is 9.41. The van der Waals surface area contributed by atoms with Crippen LogP contribution in [-0.4, -0.2) is 76.0 Å². The molecule has 0 unspecified atom stereocenters. The molecule has 9 heteroatoms. The normalized spacial score (nSPS) is 17.5. The van der Waals surface area contributed by atoms with Gasteiger partial charge in [0.2, 0.25) is 5.89 Å². The van der Waals surface area contributed by atoms with E-state index in [1.54, 1.807) is 36.3 Å². The van der Waals surface area contributed by atoms with Crippen LogP contribution in [0.4, 0.5) is 0 Å². The van der Waals surface area contributed by atoms with E-state index in [1.165, 1.54) is 5.56 Å². The molecule has 35 heavy (non-hydrogen) atoms. The summed E-state index contributed by atoms with van der Waals surface area (Å²) < 4.78 is 16.9. The van der Waals surface area contributed by atoms with Gasteiger partial charge in [-0.1, -0.05) is 19.1 Å². The number of rotatable bonds is 8. The fourth-order valence-corrected chi connectivity index (χ4v) is 4.48. The minimum absolute atomic E-state index is 0.0317. The minimum atomic E-state index is -0.524. The molecular weight excluding hydrogens is 448 g/mol. The summed E-state index contributed by atoms with van der Waals surface area (Å²) in [4.78, 5) is 16.6. The summed E-state index contributed by atoms with van der Waals surface area (Å²) in [5.41, 5.74) is 2.45. The first-order valence-electron chi connectivity index (χ1n) is 11.8. The van der Waals surface area contributed by atoms with Crippen LogP contribution >= 0.6 is 0 Å². The molecule has 1 amide bonds. The van der Waals surface area contributed by atoms with Crippen molar-refractivity contribution in [2.75, 3.05) is 33.3 Å². The molecule has 0 aliphatic carbocycles. The van der Waals surface area contributed by atoms with Gasteiger partial charge in [-0.2, -0.15) is 0 Å². The number of methoxy groups -OCH3 is 1. The van der Waals surface area contributed by atoms with Gasteiger partial charge in [-0.25, -0.2) is 0 Å². The fraction of sp³-hybridized carbons (Fsp3) is 0.423. The van der Waals surface area contributed by atoms with E-state index in [2.05, 4.69) is 27.2 Å². The van der Waals surface area contributed by atoms with Crippen LogP contribution in [0.5, 0.6) is 11.5 Å². The average Bonchev–Trinajstić information content (AvgIpc) is 3.31. The van der Waals surface area contributed by atoms with Gasteiger partial charge in [-0.05, 0) is 54.8 Å². The van der Waals surface area contributed by atoms with Gasteiger partial charge in [0.15, 0.2) is 0 Å². The van der Waals surface area contributed by atoms with E-state index in [1.807, 2.05) is 19.9 Å². The molecule has 0 bridgehead atoms. The topological polar surface area (TPSA) is 101 Å². The Morgan fingerprint density at radius 3 is 2.57 bits per heavy atom. The number of carbonyl (C=O) groups excluding carboxylic acids is 1.